The predicted octanol–water partition coefficient (Wildman–Crippen LogP) is 2.17. The van der Waals surface area contributed by atoms with Gasteiger partial charge in [-0.15, -0.1) is 0 Å². The van der Waals surface area contributed by atoms with Gasteiger partial charge in [-0.3, -0.25) is 0 Å². The van der Waals surface area contributed by atoms with Crippen LogP contribution in [0.2, 0.25) is 0 Å². The topological polar surface area (TPSA) is 42.4 Å². The molecule has 0 saturated carbocycles. The van der Waals surface area contributed by atoms with Gasteiger partial charge < -0.3 is 9.84 Å². The highest BCUT2D eigenvalue weighted by Crippen LogP contribution is 2.20. The van der Waals surface area contributed by atoms with Crippen molar-refractivity contribution in [3.8, 4) is 5.88 Å². The maximum atomic E-state index is 9.79. The summed E-state index contributed by atoms with van der Waals surface area (Å²) in [5.41, 5.74) is 0.679. The highest BCUT2D eigenvalue weighted by atomic mass is 16.5. The van der Waals surface area contributed by atoms with Crippen LogP contribution in [-0.4, -0.2) is 17.2 Å². The molecular formula is C11H17NO2. The van der Waals surface area contributed by atoms with Gasteiger partial charge in [0.2, 0.25) is 5.88 Å². The van der Waals surface area contributed by atoms with Gasteiger partial charge >= 0.3 is 0 Å². The number of hydrogen-bond donors (Lipinski definition) is 1. The van der Waals surface area contributed by atoms with Crippen molar-refractivity contribution < 1.29 is 9.84 Å². The van der Waals surface area contributed by atoms with E-state index in [1.807, 2.05) is 12.1 Å². The molecule has 1 rings (SSSR count). The number of aromatic nitrogens is 1. The molecule has 1 heterocycles. The zero-order valence-electron chi connectivity index (χ0n) is 8.90. The Labute approximate surface area is 84.7 Å². The average molecular weight is 195 g/mol. The normalized spacial score (nSPS) is 12.9. The molecule has 0 bridgehead atoms. The Balaban J connectivity index is 2.73. The monoisotopic (exact) mass is 195 g/mol. The first-order valence-electron chi connectivity index (χ1n) is 4.82. The Hall–Kier alpha value is -1.09. The van der Waals surface area contributed by atoms with Crippen molar-refractivity contribution in [1.82, 2.24) is 4.98 Å². The minimum Gasteiger partial charge on any atom is -0.481 e. The standard InChI is InChI=1S/C11H17NO2/c1-8(2)7-10(13)9-5-4-6-11(12-9)14-3/h4-6,8,10,13H,7H2,1-3H3. The Kier molecular flexibility index (Phi) is 3.89. The second kappa shape index (κ2) is 4.96. The third-order valence-corrected chi connectivity index (χ3v) is 1.99. The van der Waals surface area contributed by atoms with Crippen LogP contribution in [0.5, 0.6) is 5.88 Å². The fraction of sp³-hybridized carbons (Fsp3) is 0.545. The van der Waals surface area contributed by atoms with Gasteiger partial charge in [0.25, 0.3) is 0 Å². The summed E-state index contributed by atoms with van der Waals surface area (Å²) < 4.78 is 4.99. The molecule has 0 aliphatic carbocycles. The maximum absolute atomic E-state index is 9.79. The summed E-state index contributed by atoms with van der Waals surface area (Å²) in [6.45, 7) is 4.15. The van der Waals surface area contributed by atoms with Gasteiger partial charge in [0.1, 0.15) is 0 Å². The van der Waals surface area contributed by atoms with E-state index < -0.39 is 6.10 Å². The van der Waals surface area contributed by atoms with Crippen LogP contribution < -0.4 is 4.74 Å². The summed E-state index contributed by atoms with van der Waals surface area (Å²) in [5.74, 6) is 1.00. The van der Waals surface area contributed by atoms with E-state index in [9.17, 15) is 5.11 Å². The number of aliphatic hydroxyl groups excluding tert-OH is 1. The molecule has 0 radical (unpaired) electrons. The van der Waals surface area contributed by atoms with E-state index in [2.05, 4.69) is 18.8 Å². The Bertz CT molecular complexity index is 286. The average Bonchev–Trinajstić information content (AvgIpc) is 2.17. The molecule has 0 fully saturated rings. The molecule has 0 aliphatic rings. The first-order valence-corrected chi connectivity index (χ1v) is 4.82. The van der Waals surface area contributed by atoms with Gasteiger partial charge in [0, 0.05) is 6.07 Å². The first kappa shape index (κ1) is 11.0. The number of aliphatic hydroxyl groups is 1. The summed E-state index contributed by atoms with van der Waals surface area (Å²) in [6.07, 6.45) is 0.227. The fourth-order valence-corrected chi connectivity index (χ4v) is 1.30. The van der Waals surface area contributed by atoms with Crippen LogP contribution in [0.15, 0.2) is 18.2 Å². The van der Waals surface area contributed by atoms with E-state index >= 15 is 0 Å². The molecule has 0 saturated heterocycles. The minimum absolute atomic E-state index is 0.456. The summed E-state index contributed by atoms with van der Waals surface area (Å²) in [4.78, 5) is 4.17. The number of nitrogens with zero attached hydrogens (tertiary/aromatic N) is 1. The van der Waals surface area contributed by atoms with E-state index in [0.29, 0.717) is 17.5 Å². The molecule has 14 heavy (non-hydrogen) atoms. The Morgan fingerprint density at radius 1 is 1.43 bits per heavy atom. The number of pyridine rings is 1. The van der Waals surface area contributed by atoms with Crippen molar-refractivity contribution in [2.24, 2.45) is 5.92 Å². The number of methoxy groups -OCH3 is 1. The van der Waals surface area contributed by atoms with Crippen LogP contribution in [0.25, 0.3) is 0 Å². The maximum Gasteiger partial charge on any atom is 0.213 e. The van der Waals surface area contributed by atoms with Crippen molar-refractivity contribution in [3.05, 3.63) is 23.9 Å². The first-order chi connectivity index (χ1) is 6.63. The van der Waals surface area contributed by atoms with Crippen LogP contribution in [0.4, 0.5) is 0 Å². The van der Waals surface area contributed by atoms with Crippen LogP contribution >= 0.6 is 0 Å². The fourth-order valence-electron chi connectivity index (χ4n) is 1.30. The molecule has 0 amide bonds. The van der Waals surface area contributed by atoms with E-state index in [-0.39, 0.29) is 0 Å². The van der Waals surface area contributed by atoms with Crippen LogP contribution in [0, 0.1) is 5.92 Å². The SMILES string of the molecule is COc1cccc(C(O)CC(C)C)n1. The lowest BCUT2D eigenvalue weighted by molar-refractivity contribution is 0.145. The summed E-state index contributed by atoms with van der Waals surface area (Å²) >= 11 is 0. The molecule has 0 aromatic carbocycles. The lowest BCUT2D eigenvalue weighted by Gasteiger charge is -2.12. The quantitative estimate of drug-likeness (QED) is 0.800. The lowest BCUT2D eigenvalue weighted by Crippen LogP contribution is -2.04. The van der Waals surface area contributed by atoms with E-state index in [1.54, 1.807) is 13.2 Å². The third kappa shape index (κ3) is 3.00. The second-order valence-electron chi connectivity index (χ2n) is 3.75. The molecule has 0 spiro atoms. The molecular weight excluding hydrogens is 178 g/mol. The van der Waals surface area contributed by atoms with Gasteiger partial charge in [-0.1, -0.05) is 19.9 Å². The van der Waals surface area contributed by atoms with Gasteiger partial charge in [-0.2, -0.15) is 0 Å². The molecule has 1 N–H and O–H groups in total. The largest absolute Gasteiger partial charge is 0.481 e. The molecule has 78 valence electrons. The Morgan fingerprint density at radius 2 is 2.14 bits per heavy atom. The van der Waals surface area contributed by atoms with Gasteiger partial charge in [-0.25, -0.2) is 4.98 Å². The van der Waals surface area contributed by atoms with Crippen LogP contribution in [0.3, 0.4) is 0 Å². The van der Waals surface area contributed by atoms with Crippen molar-refractivity contribution >= 4 is 0 Å². The molecule has 1 unspecified atom stereocenters. The Morgan fingerprint density at radius 3 is 2.71 bits per heavy atom. The summed E-state index contributed by atoms with van der Waals surface area (Å²) in [6, 6.07) is 5.42. The molecule has 3 nitrogen and oxygen atoms in total. The lowest BCUT2D eigenvalue weighted by atomic mass is 10.0. The zero-order valence-corrected chi connectivity index (χ0v) is 8.90. The minimum atomic E-state index is -0.495. The molecule has 3 heteroatoms. The molecule has 1 aromatic rings. The van der Waals surface area contributed by atoms with E-state index in [4.69, 9.17) is 4.74 Å². The van der Waals surface area contributed by atoms with Crippen LogP contribution in [0.1, 0.15) is 32.1 Å². The third-order valence-electron chi connectivity index (χ3n) is 1.99. The van der Waals surface area contributed by atoms with Crippen molar-refractivity contribution in [2.45, 2.75) is 26.4 Å². The zero-order chi connectivity index (χ0) is 10.6. The summed E-state index contributed by atoms with van der Waals surface area (Å²) in [5, 5.41) is 9.79. The van der Waals surface area contributed by atoms with Gasteiger partial charge in [0.15, 0.2) is 0 Å². The second-order valence-corrected chi connectivity index (χ2v) is 3.75. The number of hydrogen-bond acceptors (Lipinski definition) is 3. The molecule has 1 atom stereocenters. The summed E-state index contributed by atoms with van der Waals surface area (Å²) in [7, 11) is 1.57. The van der Waals surface area contributed by atoms with Crippen molar-refractivity contribution in [1.29, 1.82) is 0 Å². The predicted molar refractivity (Wildman–Crippen MR) is 55.2 cm³/mol. The van der Waals surface area contributed by atoms with Gasteiger partial charge in [-0.05, 0) is 18.4 Å². The van der Waals surface area contributed by atoms with Crippen molar-refractivity contribution in [2.75, 3.05) is 7.11 Å². The van der Waals surface area contributed by atoms with Gasteiger partial charge in [0.05, 0.1) is 18.9 Å². The molecule has 1 aromatic heterocycles. The molecule has 0 aliphatic heterocycles. The highest BCUT2D eigenvalue weighted by Gasteiger charge is 2.11. The smallest absolute Gasteiger partial charge is 0.213 e. The number of ether oxygens (including phenoxy) is 1. The number of rotatable bonds is 4. The van der Waals surface area contributed by atoms with Crippen LogP contribution in [-0.2, 0) is 0 Å². The van der Waals surface area contributed by atoms with E-state index in [0.717, 1.165) is 6.42 Å². The highest BCUT2D eigenvalue weighted by molar-refractivity contribution is 5.17. The van der Waals surface area contributed by atoms with Crippen molar-refractivity contribution in [3.63, 3.8) is 0 Å². The van der Waals surface area contributed by atoms with E-state index in [1.165, 1.54) is 0 Å².